The van der Waals surface area contributed by atoms with Gasteiger partial charge in [0.1, 0.15) is 0 Å². The van der Waals surface area contributed by atoms with Crippen molar-refractivity contribution in [1.29, 1.82) is 0 Å². The highest BCUT2D eigenvalue weighted by Crippen LogP contribution is 2.21. The molecule has 0 saturated heterocycles. The number of carbonyl (C=O) groups excluding carboxylic acids is 1. The van der Waals surface area contributed by atoms with Crippen LogP contribution in [-0.4, -0.2) is 33.3 Å². The lowest BCUT2D eigenvalue weighted by Crippen LogP contribution is -2.23. The molecule has 0 aliphatic heterocycles. The molecule has 32 heavy (non-hydrogen) atoms. The molecule has 0 aromatic heterocycles. The molecular weight excluding hydrogens is 422 g/mol. The molecule has 3 aromatic rings. The minimum atomic E-state index is -3.83. The van der Waals surface area contributed by atoms with E-state index in [0.717, 1.165) is 17.7 Å². The van der Waals surface area contributed by atoms with Crippen LogP contribution in [-0.2, 0) is 23.1 Å². The van der Waals surface area contributed by atoms with Crippen LogP contribution < -0.4 is 10.0 Å². The Labute approximate surface area is 190 Å². The van der Waals surface area contributed by atoms with Crippen LogP contribution in [0.15, 0.2) is 71.6 Å². The van der Waals surface area contributed by atoms with Gasteiger partial charge in [-0.25, -0.2) is 8.42 Å². The second kappa shape index (κ2) is 9.97. The average molecular weight is 452 g/mol. The summed E-state index contributed by atoms with van der Waals surface area (Å²) >= 11 is 0. The van der Waals surface area contributed by atoms with Crippen molar-refractivity contribution in [2.75, 3.05) is 18.8 Å². The number of sulfonamides is 1. The van der Waals surface area contributed by atoms with Gasteiger partial charge in [-0.15, -0.1) is 0 Å². The van der Waals surface area contributed by atoms with E-state index >= 15 is 0 Å². The third-order valence-electron chi connectivity index (χ3n) is 5.02. The maximum atomic E-state index is 12.9. The summed E-state index contributed by atoms with van der Waals surface area (Å²) in [6, 6.07) is 19.8. The number of anilines is 1. The summed E-state index contributed by atoms with van der Waals surface area (Å²) in [7, 11) is 0.200. The number of nitrogens with one attached hydrogen (secondary N) is 2. The fourth-order valence-corrected chi connectivity index (χ4v) is 4.61. The molecule has 0 fully saturated rings. The Bertz CT molecular complexity index is 1190. The van der Waals surface area contributed by atoms with E-state index in [-0.39, 0.29) is 10.8 Å². The summed E-state index contributed by atoms with van der Waals surface area (Å²) in [5, 5.41) is 2.86. The standard InChI is InChI=1S/C25H29N3O3S/c1-18-5-13-23(14-6-18)27-32(30,31)24-15-22(12-7-19(24)2)25(29)26-16-20-8-10-21(11-9-20)17-28(3)4/h5-15,27H,16-17H2,1-4H3,(H,26,29). The van der Waals surface area contributed by atoms with Crippen molar-refractivity contribution in [3.8, 4) is 0 Å². The quantitative estimate of drug-likeness (QED) is 0.541. The Balaban J connectivity index is 1.71. The number of rotatable bonds is 8. The fraction of sp³-hybridized carbons (Fsp3) is 0.240. The smallest absolute Gasteiger partial charge is 0.262 e. The van der Waals surface area contributed by atoms with E-state index < -0.39 is 10.0 Å². The maximum absolute atomic E-state index is 12.9. The lowest BCUT2D eigenvalue weighted by molar-refractivity contribution is 0.0950. The molecule has 2 N–H and O–H groups in total. The highest BCUT2D eigenvalue weighted by atomic mass is 32.2. The summed E-state index contributed by atoms with van der Waals surface area (Å²) in [4.78, 5) is 14.9. The van der Waals surface area contributed by atoms with Gasteiger partial charge >= 0.3 is 0 Å². The first kappa shape index (κ1) is 23.5. The van der Waals surface area contributed by atoms with Crippen molar-refractivity contribution in [3.05, 3.63) is 94.5 Å². The van der Waals surface area contributed by atoms with Crippen LogP contribution in [0.1, 0.15) is 32.6 Å². The molecule has 0 unspecified atom stereocenters. The highest BCUT2D eigenvalue weighted by molar-refractivity contribution is 7.92. The molecule has 0 spiro atoms. The van der Waals surface area contributed by atoms with Gasteiger partial charge in [0, 0.05) is 24.3 Å². The third kappa shape index (κ3) is 6.18. The van der Waals surface area contributed by atoms with E-state index in [2.05, 4.69) is 14.9 Å². The molecule has 6 nitrogen and oxygen atoms in total. The van der Waals surface area contributed by atoms with Crippen LogP contribution in [0.5, 0.6) is 0 Å². The lowest BCUT2D eigenvalue weighted by atomic mass is 10.1. The van der Waals surface area contributed by atoms with E-state index in [1.165, 1.54) is 11.6 Å². The minimum absolute atomic E-state index is 0.0822. The number of aryl methyl sites for hydroxylation is 2. The molecule has 3 aromatic carbocycles. The number of hydrogen-bond donors (Lipinski definition) is 2. The Kier molecular flexibility index (Phi) is 7.33. The molecule has 1 amide bonds. The van der Waals surface area contributed by atoms with Gasteiger partial charge in [-0.2, -0.15) is 0 Å². The first-order valence-electron chi connectivity index (χ1n) is 10.3. The second-order valence-corrected chi connectivity index (χ2v) is 9.84. The molecule has 0 heterocycles. The summed E-state index contributed by atoms with van der Waals surface area (Å²) in [6.07, 6.45) is 0. The molecule has 3 rings (SSSR count). The molecule has 0 bridgehead atoms. The van der Waals surface area contributed by atoms with E-state index in [1.54, 1.807) is 31.2 Å². The highest BCUT2D eigenvalue weighted by Gasteiger charge is 2.19. The Morgan fingerprint density at radius 3 is 2.12 bits per heavy atom. The molecule has 7 heteroatoms. The van der Waals surface area contributed by atoms with Crippen molar-refractivity contribution in [1.82, 2.24) is 10.2 Å². The number of nitrogens with zero attached hydrogens (tertiary/aromatic N) is 1. The van der Waals surface area contributed by atoms with Gasteiger partial charge in [-0.3, -0.25) is 9.52 Å². The van der Waals surface area contributed by atoms with E-state index in [0.29, 0.717) is 23.4 Å². The van der Waals surface area contributed by atoms with Gasteiger partial charge in [0.25, 0.3) is 15.9 Å². The minimum Gasteiger partial charge on any atom is -0.348 e. The van der Waals surface area contributed by atoms with Gasteiger partial charge in [-0.1, -0.05) is 48.0 Å². The van der Waals surface area contributed by atoms with Crippen LogP contribution >= 0.6 is 0 Å². The number of benzene rings is 3. The second-order valence-electron chi connectivity index (χ2n) is 8.19. The Morgan fingerprint density at radius 2 is 1.50 bits per heavy atom. The predicted molar refractivity (Wildman–Crippen MR) is 128 cm³/mol. The maximum Gasteiger partial charge on any atom is 0.262 e. The number of hydrogen-bond acceptors (Lipinski definition) is 4. The Hall–Kier alpha value is -3.16. The number of amides is 1. The normalized spacial score (nSPS) is 11.4. The summed E-state index contributed by atoms with van der Waals surface area (Å²) in [5.74, 6) is -0.325. The number of carbonyl (C=O) groups is 1. The molecule has 0 atom stereocenters. The van der Waals surface area contributed by atoms with Crippen LogP contribution in [0.2, 0.25) is 0 Å². The summed E-state index contributed by atoms with van der Waals surface area (Å²) in [5.41, 5.74) is 4.54. The van der Waals surface area contributed by atoms with Gasteiger partial charge in [0.15, 0.2) is 0 Å². The van der Waals surface area contributed by atoms with Crippen molar-refractivity contribution < 1.29 is 13.2 Å². The average Bonchev–Trinajstić information content (AvgIpc) is 2.74. The zero-order valence-corrected chi connectivity index (χ0v) is 19.7. The largest absolute Gasteiger partial charge is 0.348 e. The lowest BCUT2D eigenvalue weighted by Gasteiger charge is -2.13. The van der Waals surface area contributed by atoms with Crippen LogP contribution in [0, 0.1) is 13.8 Å². The summed E-state index contributed by atoms with van der Waals surface area (Å²) in [6.45, 7) is 4.85. The van der Waals surface area contributed by atoms with Gasteiger partial charge in [-0.05, 0) is 68.9 Å². The van der Waals surface area contributed by atoms with Gasteiger partial charge < -0.3 is 10.2 Å². The zero-order chi connectivity index (χ0) is 23.3. The van der Waals surface area contributed by atoms with Crippen LogP contribution in [0.25, 0.3) is 0 Å². The van der Waals surface area contributed by atoms with Crippen molar-refractivity contribution in [2.24, 2.45) is 0 Å². The van der Waals surface area contributed by atoms with Crippen molar-refractivity contribution in [2.45, 2.75) is 31.8 Å². The molecule has 0 aliphatic rings. The zero-order valence-electron chi connectivity index (χ0n) is 18.8. The van der Waals surface area contributed by atoms with E-state index in [9.17, 15) is 13.2 Å². The third-order valence-corrected chi connectivity index (χ3v) is 6.54. The summed E-state index contributed by atoms with van der Waals surface area (Å²) < 4.78 is 28.4. The monoisotopic (exact) mass is 451 g/mol. The van der Waals surface area contributed by atoms with Crippen molar-refractivity contribution >= 4 is 21.6 Å². The van der Waals surface area contributed by atoms with E-state index in [4.69, 9.17) is 0 Å². The fourth-order valence-electron chi connectivity index (χ4n) is 3.27. The Morgan fingerprint density at radius 1 is 0.875 bits per heavy atom. The molecule has 0 radical (unpaired) electrons. The molecule has 168 valence electrons. The van der Waals surface area contributed by atoms with Crippen molar-refractivity contribution in [3.63, 3.8) is 0 Å². The van der Waals surface area contributed by atoms with Gasteiger partial charge in [0.05, 0.1) is 4.90 Å². The van der Waals surface area contributed by atoms with Crippen LogP contribution in [0.3, 0.4) is 0 Å². The first-order valence-corrected chi connectivity index (χ1v) is 11.8. The predicted octanol–water partition coefficient (Wildman–Crippen LogP) is 4.10. The van der Waals surface area contributed by atoms with Gasteiger partial charge in [0.2, 0.25) is 0 Å². The van der Waals surface area contributed by atoms with Crippen LogP contribution in [0.4, 0.5) is 5.69 Å². The molecule has 0 saturated carbocycles. The topological polar surface area (TPSA) is 78.5 Å². The van der Waals surface area contributed by atoms with E-state index in [1.807, 2.05) is 57.4 Å². The SMILES string of the molecule is Cc1ccc(NS(=O)(=O)c2cc(C(=O)NCc3ccc(CN(C)C)cc3)ccc2C)cc1. The molecule has 0 aliphatic carbocycles. The first-order chi connectivity index (χ1) is 15.1. The molecular formula is C25H29N3O3S.